The quantitative estimate of drug-likeness (QED) is 0.523. The molecule has 1 fully saturated rings. The molecule has 142 valence electrons. The van der Waals surface area contributed by atoms with Crippen LogP contribution >= 0.6 is 11.3 Å². The first-order valence-corrected chi connectivity index (χ1v) is 10.3. The molecule has 3 aromatic heterocycles. The number of amides is 1. The molecule has 5 rings (SSSR count). The number of aryl methyl sites for hydroxylation is 2. The summed E-state index contributed by atoms with van der Waals surface area (Å²) in [7, 11) is 0. The highest BCUT2D eigenvalue weighted by molar-refractivity contribution is 7.18. The molecule has 1 saturated heterocycles. The van der Waals surface area contributed by atoms with Crippen LogP contribution in [0.2, 0.25) is 0 Å². The number of carbonyl (C=O) groups excluding carboxylic acids is 1. The highest BCUT2D eigenvalue weighted by Crippen LogP contribution is 2.33. The molecule has 1 amide bonds. The molecule has 0 N–H and O–H groups in total. The highest BCUT2D eigenvalue weighted by atomic mass is 32.1. The number of piperidine rings is 1. The number of para-hydroxylation sites is 1. The molecular weight excluding hydrogens is 372 g/mol. The van der Waals surface area contributed by atoms with E-state index in [0.29, 0.717) is 12.3 Å². The first kappa shape index (κ1) is 17.2. The van der Waals surface area contributed by atoms with E-state index in [2.05, 4.69) is 21.1 Å². The minimum absolute atomic E-state index is 0.131. The maximum atomic E-state index is 13.1. The molecule has 0 spiro atoms. The van der Waals surface area contributed by atoms with Crippen molar-refractivity contribution in [1.29, 1.82) is 0 Å². The van der Waals surface area contributed by atoms with Gasteiger partial charge in [0.15, 0.2) is 0 Å². The lowest BCUT2D eigenvalue weighted by Crippen LogP contribution is -2.39. The number of carbonyl (C=O) groups is 1. The average Bonchev–Trinajstić information content (AvgIpc) is 3.31. The molecule has 1 aliphatic rings. The summed E-state index contributed by atoms with van der Waals surface area (Å²) in [6.07, 6.45) is 2.00. The van der Waals surface area contributed by atoms with E-state index >= 15 is 0 Å². The van der Waals surface area contributed by atoms with Gasteiger partial charge in [0.2, 0.25) is 5.82 Å². The number of nitrogens with zero attached hydrogens (tertiary/aromatic N) is 6. The summed E-state index contributed by atoms with van der Waals surface area (Å²) in [5, 5.41) is 5.51. The van der Waals surface area contributed by atoms with Crippen LogP contribution in [0.25, 0.3) is 16.0 Å². The fraction of sp³-hybridized carbons (Fsp3) is 0.350. The third-order valence-electron chi connectivity index (χ3n) is 5.18. The summed E-state index contributed by atoms with van der Waals surface area (Å²) in [5.74, 6) is 0.814. The molecule has 1 aromatic carbocycles. The second-order valence-corrected chi connectivity index (χ2v) is 8.36. The van der Waals surface area contributed by atoms with Crippen LogP contribution in [0.15, 0.2) is 30.3 Å². The Labute approximate surface area is 166 Å². The predicted octanol–water partition coefficient (Wildman–Crippen LogP) is 3.37. The monoisotopic (exact) mass is 392 g/mol. The lowest BCUT2D eigenvalue weighted by atomic mass is 9.98. The zero-order chi connectivity index (χ0) is 19.3. The van der Waals surface area contributed by atoms with Gasteiger partial charge in [-0.15, -0.1) is 16.4 Å². The van der Waals surface area contributed by atoms with Crippen LogP contribution in [0.5, 0.6) is 0 Å². The van der Waals surface area contributed by atoms with Gasteiger partial charge in [-0.25, -0.2) is 14.5 Å². The number of benzene rings is 1. The van der Waals surface area contributed by atoms with Gasteiger partial charge >= 0.3 is 0 Å². The Morgan fingerprint density at radius 1 is 1.18 bits per heavy atom. The summed E-state index contributed by atoms with van der Waals surface area (Å²) in [6, 6.07) is 10.1. The number of likely N-dealkylation sites (tertiary alicyclic amines) is 1. The summed E-state index contributed by atoms with van der Waals surface area (Å²) in [4.78, 5) is 28.5. The molecule has 0 saturated carbocycles. The van der Waals surface area contributed by atoms with E-state index in [-0.39, 0.29) is 17.6 Å². The Kier molecular flexibility index (Phi) is 4.08. The van der Waals surface area contributed by atoms with Crippen molar-refractivity contribution in [2.75, 3.05) is 13.1 Å². The molecular formula is C20H20N6OS. The maximum Gasteiger partial charge on any atom is 0.293 e. The second-order valence-electron chi connectivity index (χ2n) is 7.30. The van der Waals surface area contributed by atoms with Crippen LogP contribution in [0.1, 0.15) is 45.8 Å². The van der Waals surface area contributed by atoms with E-state index in [9.17, 15) is 4.79 Å². The van der Waals surface area contributed by atoms with Gasteiger partial charge < -0.3 is 4.90 Å². The SMILES string of the molecule is Cc1cc(C)n2nc(C(=O)N3CCC[C@H](c4nc5ccccc5s4)C3)nc2n1. The Bertz CT molecular complexity index is 1160. The van der Waals surface area contributed by atoms with Gasteiger partial charge in [0.05, 0.1) is 15.2 Å². The normalized spacial score (nSPS) is 17.5. The molecule has 8 heteroatoms. The standard InChI is InChI=1S/C20H20N6OS/c1-12-10-13(2)26-20(21-12)23-17(24-26)19(27)25-9-5-6-14(11-25)18-22-15-7-3-4-8-16(15)28-18/h3-4,7-8,10,14H,5-6,9,11H2,1-2H3/t14-/m0/s1. The summed E-state index contributed by atoms with van der Waals surface area (Å²) in [5.41, 5.74) is 2.82. The summed E-state index contributed by atoms with van der Waals surface area (Å²) < 4.78 is 2.83. The number of fused-ring (bicyclic) bond motifs is 2. The molecule has 0 radical (unpaired) electrons. The predicted molar refractivity (Wildman–Crippen MR) is 108 cm³/mol. The lowest BCUT2D eigenvalue weighted by molar-refractivity contribution is 0.0695. The third-order valence-corrected chi connectivity index (χ3v) is 6.38. The first-order valence-electron chi connectivity index (χ1n) is 9.44. The van der Waals surface area contributed by atoms with Crippen molar-refractivity contribution >= 4 is 33.2 Å². The van der Waals surface area contributed by atoms with Crippen molar-refractivity contribution < 1.29 is 4.79 Å². The van der Waals surface area contributed by atoms with Gasteiger partial charge in [0, 0.05) is 30.4 Å². The number of aromatic nitrogens is 5. The molecule has 0 unspecified atom stereocenters. The van der Waals surface area contributed by atoms with Gasteiger partial charge in [0.25, 0.3) is 11.7 Å². The number of rotatable bonds is 2. The zero-order valence-corrected chi connectivity index (χ0v) is 16.6. The number of hydrogen-bond acceptors (Lipinski definition) is 6. The van der Waals surface area contributed by atoms with Gasteiger partial charge in [-0.05, 0) is 44.9 Å². The van der Waals surface area contributed by atoms with Crippen LogP contribution in [-0.4, -0.2) is 48.5 Å². The van der Waals surface area contributed by atoms with Crippen LogP contribution in [0.4, 0.5) is 0 Å². The smallest absolute Gasteiger partial charge is 0.293 e. The second kappa shape index (κ2) is 6.63. The third kappa shape index (κ3) is 2.93. The number of hydrogen-bond donors (Lipinski definition) is 0. The summed E-state index contributed by atoms with van der Waals surface area (Å²) in [6.45, 7) is 5.23. The Balaban J connectivity index is 1.41. The maximum absolute atomic E-state index is 13.1. The minimum atomic E-state index is -0.131. The van der Waals surface area contributed by atoms with Crippen LogP contribution in [0.3, 0.4) is 0 Å². The summed E-state index contributed by atoms with van der Waals surface area (Å²) >= 11 is 1.73. The molecule has 0 bridgehead atoms. The van der Waals surface area contributed by atoms with Gasteiger partial charge in [0.1, 0.15) is 0 Å². The van der Waals surface area contributed by atoms with Gasteiger partial charge in [-0.3, -0.25) is 4.79 Å². The van der Waals surface area contributed by atoms with Crippen LogP contribution < -0.4 is 0 Å². The Morgan fingerprint density at radius 2 is 2.04 bits per heavy atom. The molecule has 4 aromatic rings. The van der Waals surface area contributed by atoms with E-state index in [1.165, 1.54) is 4.70 Å². The largest absolute Gasteiger partial charge is 0.335 e. The van der Waals surface area contributed by atoms with E-state index in [4.69, 9.17) is 4.98 Å². The van der Waals surface area contributed by atoms with Crippen molar-refractivity contribution in [3.63, 3.8) is 0 Å². The fourth-order valence-corrected chi connectivity index (χ4v) is 4.92. The van der Waals surface area contributed by atoms with E-state index in [1.54, 1.807) is 15.9 Å². The van der Waals surface area contributed by atoms with Crippen molar-refractivity contribution in [2.45, 2.75) is 32.6 Å². The molecule has 28 heavy (non-hydrogen) atoms. The Hall–Kier alpha value is -2.87. The van der Waals surface area contributed by atoms with Crippen molar-refractivity contribution in [3.05, 3.63) is 52.6 Å². The average molecular weight is 392 g/mol. The van der Waals surface area contributed by atoms with E-state index in [1.807, 2.05) is 43.0 Å². The van der Waals surface area contributed by atoms with Crippen LogP contribution in [-0.2, 0) is 0 Å². The van der Waals surface area contributed by atoms with Crippen molar-refractivity contribution in [3.8, 4) is 0 Å². The van der Waals surface area contributed by atoms with Crippen molar-refractivity contribution in [1.82, 2.24) is 29.5 Å². The lowest BCUT2D eigenvalue weighted by Gasteiger charge is -2.31. The molecule has 0 aliphatic carbocycles. The van der Waals surface area contributed by atoms with Gasteiger partial charge in [-0.1, -0.05) is 12.1 Å². The topological polar surface area (TPSA) is 76.3 Å². The first-order chi connectivity index (χ1) is 13.6. The zero-order valence-electron chi connectivity index (χ0n) is 15.8. The molecule has 1 aliphatic heterocycles. The van der Waals surface area contributed by atoms with E-state index in [0.717, 1.165) is 41.3 Å². The molecule has 7 nitrogen and oxygen atoms in total. The highest BCUT2D eigenvalue weighted by Gasteiger charge is 2.29. The van der Waals surface area contributed by atoms with Gasteiger partial charge in [-0.2, -0.15) is 4.98 Å². The Morgan fingerprint density at radius 3 is 2.89 bits per heavy atom. The minimum Gasteiger partial charge on any atom is -0.335 e. The molecule has 1 atom stereocenters. The van der Waals surface area contributed by atoms with Crippen molar-refractivity contribution in [2.24, 2.45) is 0 Å². The molecule has 4 heterocycles. The fourth-order valence-electron chi connectivity index (χ4n) is 3.83. The number of thiazole rings is 1. The van der Waals surface area contributed by atoms with E-state index < -0.39 is 0 Å². The van der Waals surface area contributed by atoms with Crippen LogP contribution in [0, 0.1) is 13.8 Å².